The summed E-state index contributed by atoms with van der Waals surface area (Å²) in [6, 6.07) is 8.49. The summed E-state index contributed by atoms with van der Waals surface area (Å²) in [5.41, 5.74) is 3.56. The van der Waals surface area contributed by atoms with Crippen molar-refractivity contribution in [1.29, 1.82) is 0 Å². The Morgan fingerprint density at radius 2 is 1.95 bits per heavy atom. The van der Waals surface area contributed by atoms with Gasteiger partial charge in [-0.2, -0.15) is 0 Å². The number of ether oxygens (including phenoxy) is 2. The maximum Gasteiger partial charge on any atom is 0.330 e. The number of aliphatic carboxylic acids is 1. The summed E-state index contributed by atoms with van der Waals surface area (Å²) in [5, 5.41) is 15.0. The molecule has 3 amide bonds. The summed E-state index contributed by atoms with van der Waals surface area (Å²) in [4.78, 5) is 71.6. The van der Waals surface area contributed by atoms with E-state index >= 15 is 0 Å². The number of amides is 3. The zero-order chi connectivity index (χ0) is 28.7. The molecule has 0 radical (unpaired) electrons. The fraction of sp³-hybridized carbons (Fsp3) is 0.429. The monoisotopic (exact) mass is 550 g/mol. The Labute approximate surface area is 229 Å². The highest BCUT2D eigenvalue weighted by atomic mass is 16.7. The van der Waals surface area contributed by atoms with Crippen LogP contribution in [0.3, 0.4) is 0 Å². The maximum absolute atomic E-state index is 14.2. The molecule has 5 rings (SSSR count). The van der Waals surface area contributed by atoms with Crippen molar-refractivity contribution in [3.63, 3.8) is 0 Å². The van der Waals surface area contributed by atoms with Crippen LogP contribution in [0.4, 0.5) is 5.82 Å². The number of fused-ring (bicyclic) bond motifs is 2. The van der Waals surface area contributed by atoms with Gasteiger partial charge in [0, 0.05) is 24.2 Å². The van der Waals surface area contributed by atoms with Gasteiger partial charge in [0.25, 0.3) is 11.7 Å². The van der Waals surface area contributed by atoms with Crippen molar-refractivity contribution >= 4 is 46.3 Å². The Kier molecular flexibility index (Phi) is 7.05. The number of carboxylic acids is 1. The third-order valence-corrected chi connectivity index (χ3v) is 8.11. The van der Waals surface area contributed by atoms with Crippen molar-refractivity contribution in [1.82, 2.24) is 9.88 Å². The molecule has 3 aliphatic rings. The Balaban J connectivity index is 1.56. The number of benzene rings is 1. The second-order valence-corrected chi connectivity index (χ2v) is 10.2. The third kappa shape index (κ3) is 4.19. The number of hydrogen-bond donors (Lipinski definition) is 3. The molecule has 40 heavy (non-hydrogen) atoms. The number of hydrogen-bond acceptors (Lipinski definition) is 8. The summed E-state index contributed by atoms with van der Waals surface area (Å²) < 4.78 is 10.8. The van der Waals surface area contributed by atoms with Gasteiger partial charge in [0.1, 0.15) is 11.7 Å². The number of rotatable bonds is 7. The maximum atomic E-state index is 14.2. The number of aromatic nitrogens is 1. The smallest absolute Gasteiger partial charge is 0.330 e. The molecular formula is C28H30N4O8. The Morgan fingerprint density at radius 1 is 1.20 bits per heavy atom. The Bertz CT molecular complexity index is 1420. The molecule has 0 saturated carbocycles. The number of esters is 1. The normalized spacial score (nSPS) is 29.9. The number of nitrogens with one attached hydrogen (secondary N) is 1. The number of cyclic esters (lactones) is 1. The Morgan fingerprint density at radius 3 is 2.67 bits per heavy atom. The molecule has 12 nitrogen and oxygen atoms in total. The zero-order valence-corrected chi connectivity index (χ0v) is 21.9. The van der Waals surface area contributed by atoms with Gasteiger partial charge >= 0.3 is 11.9 Å². The lowest BCUT2D eigenvalue weighted by molar-refractivity contribution is -0.235. The van der Waals surface area contributed by atoms with E-state index in [9.17, 15) is 29.1 Å². The highest BCUT2D eigenvalue weighted by Crippen LogP contribution is 2.51. The van der Waals surface area contributed by atoms with Gasteiger partial charge in [0.2, 0.25) is 11.8 Å². The third-order valence-electron chi connectivity index (χ3n) is 8.11. The van der Waals surface area contributed by atoms with E-state index in [-0.39, 0.29) is 31.7 Å². The van der Waals surface area contributed by atoms with Crippen molar-refractivity contribution in [2.75, 3.05) is 11.9 Å². The highest BCUT2D eigenvalue weighted by Gasteiger charge is 2.71. The van der Waals surface area contributed by atoms with Crippen LogP contribution in [-0.4, -0.2) is 68.6 Å². The molecule has 3 aliphatic heterocycles. The first-order valence-corrected chi connectivity index (χ1v) is 13.2. The lowest BCUT2D eigenvalue weighted by atomic mass is 9.74. The van der Waals surface area contributed by atoms with Crippen LogP contribution in [0.1, 0.15) is 39.0 Å². The minimum atomic E-state index is -2.37. The first-order chi connectivity index (χ1) is 19.2. The second kappa shape index (κ2) is 10.3. The van der Waals surface area contributed by atoms with Crippen LogP contribution in [0.25, 0.3) is 10.8 Å². The largest absolute Gasteiger partial charge is 0.479 e. The van der Waals surface area contributed by atoms with Crippen LogP contribution >= 0.6 is 0 Å². The summed E-state index contributed by atoms with van der Waals surface area (Å²) in [5.74, 6) is -9.69. The van der Waals surface area contributed by atoms with Gasteiger partial charge in [0.15, 0.2) is 5.54 Å². The van der Waals surface area contributed by atoms with Crippen molar-refractivity contribution in [2.24, 2.45) is 17.6 Å². The van der Waals surface area contributed by atoms with E-state index in [2.05, 4.69) is 10.3 Å². The Hall–Kier alpha value is -4.32. The molecule has 4 heterocycles. The number of primary amides is 1. The summed E-state index contributed by atoms with van der Waals surface area (Å²) in [7, 11) is 0. The molecule has 2 saturated heterocycles. The molecule has 0 spiro atoms. The van der Waals surface area contributed by atoms with E-state index in [4.69, 9.17) is 15.2 Å². The number of pyridine rings is 1. The molecule has 1 aromatic heterocycles. The van der Waals surface area contributed by atoms with Gasteiger partial charge in [-0.05, 0) is 44.1 Å². The van der Waals surface area contributed by atoms with E-state index in [1.807, 2.05) is 12.1 Å². The topological polar surface area (TPSA) is 178 Å². The molecule has 2 fully saturated rings. The molecule has 0 aliphatic carbocycles. The van der Waals surface area contributed by atoms with E-state index in [0.29, 0.717) is 11.8 Å². The molecule has 4 N–H and O–H groups in total. The van der Waals surface area contributed by atoms with Crippen LogP contribution in [0.5, 0.6) is 0 Å². The lowest BCUT2D eigenvalue weighted by Gasteiger charge is -2.46. The molecular weight excluding hydrogens is 520 g/mol. The van der Waals surface area contributed by atoms with Crippen LogP contribution < -0.4 is 11.1 Å². The van der Waals surface area contributed by atoms with Crippen LogP contribution in [0, 0.1) is 11.8 Å². The van der Waals surface area contributed by atoms with Crippen LogP contribution in [-0.2, 0) is 33.4 Å². The number of anilines is 1. The number of nitrogens with two attached hydrogens (primary N) is 1. The average molecular weight is 551 g/mol. The van der Waals surface area contributed by atoms with Gasteiger partial charge in [0.05, 0.1) is 12.3 Å². The minimum Gasteiger partial charge on any atom is -0.479 e. The number of carbonyl (C=O) groups is 5. The van der Waals surface area contributed by atoms with Crippen molar-refractivity contribution < 1.29 is 38.6 Å². The molecule has 210 valence electrons. The molecule has 2 aromatic rings. The predicted octanol–water partition coefficient (Wildman–Crippen LogP) is 1.74. The number of carbonyl (C=O) groups excluding carboxylic acids is 4. The fourth-order valence-corrected chi connectivity index (χ4v) is 6.36. The van der Waals surface area contributed by atoms with Crippen molar-refractivity contribution in [2.45, 2.75) is 56.4 Å². The van der Waals surface area contributed by atoms with E-state index in [0.717, 1.165) is 5.39 Å². The second-order valence-electron chi connectivity index (χ2n) is 10.2. The number of allylic oxidation sites excluding steroid dienone is 1. The summed E-state index contributed by atoms with van der Waals surface area (Å²) in [6.07, 6.45) is 5.09. The average Bonchev–Trinajstić information content (AvgIpc) is 3.46. The zero-order valence-electron chi connectivity index (χ0n) is 21.9. The minimum absolute atomic E-state index is 0.0148. The van der Waals surface area contributed by atoms with Gasteiger partial charge in [-0.3, -0.25) is 19.2 Å². The van der Waals surface area contributed by atoms with Gasteiger partial charge in [-0.1, -0.05) is 36.4 Å². The lowest BCUT2D eigenvalue weighted by Crippen LogP contribution is -2.68. The molecule has 5 atom stereocenters. The summed E-state index contributed by atoms with van der Waals surface area (Å²) >= 11 is 0. The standard InChI is InChI=1S/C28H30N4O8/c1-2-39-28(25(29)36)20(15-21(33)40-28)27(26(37)38)13-11-17-8-4-6-10-19(24(35)32(17)27)23(34)31-22-18-9-5-3-7-16(18)12-14-30-22/h3-7,9,12,14,17,19-20H,2,8,10-11,13,15H2,1H3,(H2,29,36)(H,37,38)(H,30,31,34). The quantitative estimate of drug-likeness (QED) is 0.263. The fourth-order valence-electron chi connectivity index (χ4n) is 6.36. The van der Waals surface area contributed by atoms with Gasteiger partial charge in [-0.25, -0.2) is 9.78 Å². The van der Waals surface area contributed by atoms with E-state index < -0.39 is 65.3 Å². The highest BCUT2D eigenvalue weighted by molar-refractivity contribution is 6.10. The van der Waals surface area contributed by atoms with Gasteiger partial charge < -0.3 is 30.5 Å². The molecule has 1 aromatic carbocycles. The van der Waals surface area contributed by atoms with Crippen LogP contribution in [0.2, 0.25) is 0 Å². The molecule has 5 unspecified atom stereocenters. The predicted molar refractivity (Wildman–Crippen MR) is 140 cm³/mol. The van der Waals surface area contributed by atoms with Gasteiger partial charge in [-0.15, -0.1) is 0 Å². The van der Waals surface area contributed by atoms with Crippen molar-refractivity contribution in [3.05, 3.63) is 48.7 Å². The molecule has 0 bridgehead atoms. The van der Waals surface area contributed by atoms with Crippen LogP contribution in [0.15, 0.2) is 48.7 Å². The van der Waals surface area contributed by atoms with E-state index in [1.54, 1.807) is 37.3 Å². The number of nitrogens with zero attached hydrogens (tertiary/aromatic N) is 2. The SMILES string of the molecule is CCOC1(C(N)=O)OC(=O)CC1C1(C(=O)O)CCC2CC=CCC(C(=O)Nc3nccc4ccccc34)C(=O)N21. The number of carboxylic acid groups (broad SMARTS) is 1. The first-order valence-electron chi connectivity index (χ1n) is 13.2. The summed E-state index contributed by atoms with van der Waals surface area (Å²) in [6.45, 7) is 1.44. The first kappa shape index (κ1) is 27.3. The van der Waals surface area contributed by atoms with Crippen molar-refractivity contribution in [3.8, 4) is 0 Å². The van der Waals surface area contributed by atoms with E-state index in [1.165, 1.54) is 11.1 Å². The molecule has 12 heteroatoms.